The molecule has 0 saturated heterocycles. The second-order valence-corrected chi connectivity index (χ2v) is 4.73. The first-order chi connectivity index (χ1) is 9.54. The maximum Gasteiger partial charge on any atom is 0.237 e. The fourth-order valence-corrected chi connectivity index (χ4v) is 1.75. The largest absolute Gasteiger partial charge is 0.354 e. The first-order valence-electron chi connectivity index (χ1n) is 6.64. The lowest BCUT2D eigenvalue weighted by Crippen LogP contribution is -2.44. The summed E-state index contributed by atoms with van der Waals surface area (Å²) in [5.74, 6) is -0.321. The number of likely N-dealkylation sites (N-methyl/N-ethyl adjacent to an activating group) is 1. The third-order valence-electron chi connectivity index (χ3n) is 3.24. The highest BCUT2D eigenvalue weighted by Crippen LogP contribution is 2.03. The molecule has 0 aliphatic rings. The van der Waals surface area contributed by atoms with Crippen LogP contribution in [0.25, 0.3) is 0 Å². The van der Waals surface area contributed by atoms with Crippen molar-refractivity contribution < 1.29 is 9.18 Å². The topological polar surface area (TPSA) is 56.1 Å². The fraction of sp³-hybridized carbons (Fsp3) is 0.467. The Morgan fingerprint density at radius 3 is 2.70 bits per heavy atom. The number of nitrogens with one attached hydrogen (secondary N) is 1. The number of carbonyl (C=O) groups excluding carboxylic acids is 1. The van der Waals surface area contributed by atoms with E-state index in [1.54, 1.807) is 12.1 Å². The Labute approximate surface area is 119 Å². The monoisotopic (exact) mass is 277 g/mol. The summed E-state index contributed by atoms with van der Waals surface area (Å²) in [5.41, 5.74) is 0.984. The highest BCUT2D eigenvalue weighted by Gasteiger charge is 2.16. The van der Waals surface area contributed by atoms with Gasteiger partial charge in [-0.05, 0) is 38.1 Å². The van der Waals surface area contributed by atoms with E-state index in [1.807, 2.05) is 18.9 Å². The SMILES string of the molecule is CC(C(=O)NCCc1ccc(F)cc1)N(C)CCC#N. The Kier molecular flexibility index (Phi) is 6.68. The minimum absolute atomic E-state index is 0.0625. The average Bonchev–Trinajstić information content (AvgIpc) is 2.45. The average molecular weight is 277 g/mol. The van der Waals surface area contributed by atoms with Crippen LogP contribution in [0.1, 0.15) is 18.9 Å². The number of benzene rings is 1. The number of amides is 1. The van der Waals surface area contributed by atoms with Crippen molar-refractivity contribution in [1.82, 2.24) is 10.2 Å². The van der Waals surface area contributed by atoms with E-state index in [1.165, 1.54) is 12.1 Å². The van der Waals surface area contributed by atoms with Gasteiger partial charge in [0.1, 0.15) is 5.82 Å². The molecule has 0 heterocycles. The molecular weight excluding hydrogens is 257 g/mol. The van der Waals surface area contributed by atoms with Crippen LogP contribution in [0.4, 0.5) is 4.39 Å². The van der Waals surface area contributed by atoms with E-state index in [9.17, 15) is 9.18 Å². The van der Waals surface area contributed by atoms with Gasteiger partial charge in [0.2, 0.25) is 5.91 Å². The lowest BCUT2D eigenvalue weighted by Gasteiger charge is -2.22. The molecule has 4 nitrogen and oxygen atoms in total. The van der Waals surface area contributed by atoms with Gasteiger partial charge in [0.05, 0.1) is 12.1 Å². The van der Waals surface area contributed by atoms with Crippen LogP contribution in [0.2, 0.25) is 0 Å². The summed E-state index contributed by atoms with van der Waals surface area (Å²) in [5, 5.41) is 11.4. The van der Waals surface area contributed by atoms with Crippen molar-refractivity contribution in [3.8, 4) is 6.07 Å². The second kappa shape index (κ2) is 8.28. The molecule has 1 aromatic carbocycles. The van der Waals surface area contributed by atoms with Crippen molar-refractivity contribution in [3.63, 3.8) is 0 Å². The fourth-order valence-electron chi connectivity index (χ4n) is 1.75. The Morgan fingerprint density at radius 2 is 2.10 bits per heavy atom. The molecule has 0 aromatic heterocycles. The van der Waals surface area contributed by atoms with E-state index >= 15 is 0 Å². The highest BCUT2D eigenvalue weighted by atomic mass is 19.1. The molecule has 0 aliphatic carbocycles. The van der Waals surface area contributed by atoms with Crippen molar-refractivity contribution in [2.24, 2.45) is 0 Å². The van der Waals surface area contributed by atoms with Gasteiger partial charge < -0.3 is 5.32 Å². The molecule has 0 aliphatic heterocycles. The van der Waals surface area contributed by atoms with Crippen LogP contribution in [-0.4, -0.2) is 37.0 Å². The molecule has 20 heavy (non-hydrogen) atoms. The van der Waals surface area contributed by atoms with Gasteiger partial charge in [0.15, 0.2) is 0 Å². The Balaban J connectivity index is 2.32. The van der Waals surface area contributed by atoms with Crippen molar-refractivity contribution in [2.75, 3.05) is 20.1 Å². The molecule has 0 radical (unpaired) electrons. The van der Waals surface area contributed by atoms with Crippen LogP contribution in [-0.2, 0) is 11.2 Å². The second-order valence-electron chi connectivity index (χ2n) is 4.73. The van der Waals surface area contributed by atoms with E-state index in [0.29, 0.717) is 25.9 Å². The van der Waals surface area contributed by atoms with Crippen molar-refractivity contribution in [2.45, 2.75) is 25.8 Å². The lowest BCUT2D eigenvalue weighted by atomic mass is 10.1. The number of hydrogen-bond acceptors (Lipinski definition) is 3. The molecule has 0 spiro atoms. The first kappa shape index (κ1) is 16.1. The van der Waals surface area contributed by atoms with Gasteiger partial charge >= 0.3 is 0 Å². The molecular formula is C15H20FN3O. The maximum absolute atomic E-state index is 12.7. The number of nitriles is 1. The van der Waals surface area contributed by atoms with Crippen molar-refractivity contribution in [1.29, 1.82) is 5.26 Å². The quantitative estimate of drug-likeness (QED) is 0.825. The molecule has 1 unspecified atom stereocenters. The highest BCUT2D eigenvalue weighted by molar-refractivity contribution is 5.81. The molecule has 0 bridgehead atoms. The van der Waals surface area contributed by atoms with Gasteiger partial charge in [0, 0.05) is 19.5 Å². The summed E-state index contributed by atoms with van der Waals surface area (Å²) in [7, 11) is 1.82. The third-order valence-corrected chi connectivity index (χ3v) is 3.24. The standard InChI is InChI=1S/C15H20FN3O/c1-12(19(2)11-3-9-17)15(20)18-10-8-13-4-6-14(16)7-5-13/h4-7,12H,3,8,10-11H2,1-2H3,(H,18,20). The predicted octanol–water partition coefficient (Wildman–Crippen LogP) is 1.72. The van der Waals surface area contributed by atoms with Crippen LogP contribution in [0.5, 0.6) is 0 Å². The normalized spacial score (nSPS) is 11.9. The zero-order valence-corrected chi connectivity index (χ0v) is 11.9. The van der Waals surface area contributed by atoms with Gasteiger partial charge in [-0.25, -0.2) is 4.39 Å². The molecule has 1 rings (SSSR count). The summed E-state index contributed by atoms with van der Waals surface area (Å²) in [6, 6.07) is 8.04. The molecule has 108 valence electrons. The van der Waals surface area contributed by atoms with E-state index in [4.69, 9.17) is 5.26 Å². The molecule has 1 amide bonds. The zero-order valence-electron chi connectivity index (χ0n) is 11.9. The minimum atomic E-state index is -0.267. The molecule has 1 aromatic rings. The molecule has 5 heteroatoms. The molecule has 0 saturated carbocycles. The van der Waals surface area contributed by atoms with Crippen molar-refractivity contribution in [3.05, 3.63) is 35.6 Å². The summed E-state index contributed by atoms with van der Waals surface area (Å²) < 4.78 is 12.7. The van der Waals surface area contributed by atoms with E-state index in [2.05, 4.69) is 11.4 Å². The van der Waals surface area contributed by atoms with Crippen molar-refractivity contribution >= 4 is 5.91 Å². The molecule has 1 N–H and O–H groups in total. The Morgan fingerprint density at radius 1 is 1.45 bits per heavy atom. The number of rotatable bonds is 7. The van der Waals surface area contributed by atoms with Gasteiger partial charge in [-0.3, -0.25) is 9.69 Å². The summed E-state index contributed by atoms with van der Waals surface area (Å²) in [6.45, 7) is 2.90. The lowest BCUT2D eigenvalue weighted by molar-refractivity contribution is -0.125. The summed E-state index contributed by atoms with van der Waals surface area (Å²) in [4.78, 5) is 13.7. The number of hydrogen-bond donors (Lipinski definition) is 1. The predicted molar refractivity (Wildman–Crippen MR) is 75.4 cm³/mol. The third kappa shape index (κ3) is 5.37. The Bertz CT molecular complexity index is 467. The summed E-state index contributed by atoms with van der Waals surface area (Å²) >= 11 is 0. The van der Waals surface area contributed by atoms with Crippen LogP contribution < -0.4 is 5.32 Å². The van der Waals surface area contributed by atoms with E-state index < -0.39 is 0 Å². The van der Waals surface area contributed by atoms with Gasteiger partial charge in [-0.1, -0.05) is 12.1 Å². The van der Waals surface area contributed by atoms with Gasteiger partial charge in [-0.15, -0.1) is 0 Å². The maximum atomic E-state index is 12.7. The summed E-state index contributed by atoms with van der Waals surface area (Å²) in [6.07, 6.45) is 1.07. The van der Waals surface area contributed by atoms with Crippen LogP contribution in [0.3, 0.4) is 0 Å². The zero-order chi connectivity index (χ0) is 15.0. The first-order valence-corrected chi connectivity index (χ1v) is 6.64. The smallest absolute Gasteiger partial charge is 0.237 e. The van der Waals surface area contributed by atoms with Crippen LogP contribution >= 0.6 is 0 Å². The van der Waals surface area contributed by atoms with E-state index in [0.717, 1.165) is 5.56 Å². The molecule has 0 fully saturated rings. The van der Waals surface area contributed by atoms with E-state index in [-0.39, 0.29) is 17.8 Å². The minimum Gasteiger partial charge on any atom is -0.354 e. The van der Waals surface area contributed by atoms with Crippen LogP contribution in [0, 0.1) is 17.1 Å². The van der Waals surface area contributed by atoms with Gasteiger partial charge in [0.25, 0.3) is 0 Å². The number of carbonyl (C=O) groups is 1. The van der Waals surface area contributed by atoms with Gasteiger partial charge in [-0.2, -0.15) is 5.26 Å². The number of halogens is 1. The van der Waals surface area contributed by atoms with Crippen LogP contribution in [0.15, 0.2) is 24.3 Å². The molecule has 1 atom stereocenters. The Hall–Kier alpha value is -1.93. The number of nitrogens with zero attached hydrogens (tertiary/aromatic N) is 2.